The molecule has 0 saturated heterocycles. The molecule has 1 N–H and O–H groups in total. The number of hydrogen-bond acceptors (Lipinski definition) is 4. The number of rotatable bonds is 4. The second-order valence-electron chi connectivity index (χ2n) is 5.88. The van der Waals surface area contributed by atoms with Gasteiger partial charge in [0, 0.05) is 21.2 Å². The Hall–Kier alpha value is -2.73. The molecule has 1 heterocycles. The summed E-state index contributed by atoms with van der Waals surface area (Å²) in [6.07, 6.45) is -0.936. The number of nitrogens with zero attached hydrogens (tertiary/aromatic N) is 1. The van der Waals surface area contributed by atoms with Crippen LogP contribution in [0.3, 0.4) is 0 Å². The van der Waals surface area contributed by atoms with E-state index in [9.17, 15) is 9.59 Å². The molecule has 0 unspecified atom stereocenters. The number of ether oxygens (including phenoxy) is 1. The van der Waals surface area contributed by atoms with E-state index in [2.05, 4.69) is 26.2 Å². The van der Waals surface area contributed by atoms with Crippen LogP contribution in [0, 0.1) is 6.92 Å². The summed E-state index contributed by atoms with van der Waals surface area (Å²) < 4.78 is 6.22. The summed E-state index contributed by atoms with van der Waals surface area (Å²) in [5.41, 5.74) is 2.44. The van der Waals surface area contributed by atoms with Crippen LogP contribution < -0.4 is 5.32 Å². The molecular weight excluding hydrogens is 396 g/mol. The second kappa shape index (κ2) is 7.66. The van der Waals surface area contributed by atoms with Crippen LogP contribution >= 0.6 is 15.9 Å². The van der Waals surface area contributed by atoms with E-state index in [1.54, 1.807) is 25.1 Å². The molecule has 5 nitrogen and oxygen atoms in total. The monoisotopic (exact) mass is 412 g/mol. The van der Waals surface area contributed by atoms with Crippen LogP contribution in [0.4, 0.5) is 5.69 Å². The molecule has 0 radical (unpaired) electrons. The number of anilines is 1. The summed E-state index contributed by atoms with van der Waals surface area (Å²) in [6.45, 7) is 3.36. The van der Waals surface area contributed by atoms with Gasteiger partial charge in [0.1, 0.15) is 0 Å². The van der Waals surface area contributed by atoms with Gasteiger partial charge in [-0.05, 0) is 44.2 Å². The van der Waals surface area contributed by atoms with Crippen LogP contribution in [0.15, 0.2) is 59.1 Å². The Balaban J connectivity index is 1.76. The molecule has 132 valence electrons. The molecule has 3 rings (SSSR count). The van der Waals surface area contributed by atoms with Crippen molar-refractivity contribution in [2.75, 3.05) is 5.32 Å². The number of halogens is 1. The summed E-state index contributed by atoms with van der Waals surface area (Å²) in [5.74, 6) is -0.949. The molecule has 0 aliphatic rings. The highest BCUT2D eigenvalue weighted by Crippen LogP contribution is 2.20. The third-order valence-electron chi connectivity index (χ3n) is 3.81. The third kappa shape index (κ3) is 4.08. The molecule has 1 aromatic heterocycles. The summed E-state index contributed by atoms with van der Waals surface area (Å²) in [4.78, 5) is 29.3. The Bertz CT molecular complexity index is 988. The van der Waals surface area contributed by atoms with Crippen molar-refractivity contribution in [3.63, 3.8) is 0 Å². The summed E-state index contributed by atoms with van der Waals surface area (Å²) in [5, 5.41) is 3.43. The first-order valence-electron chi connectivity index (χ1n) is 8.08. The average Bonchev–Trinajstić information content (AvgIpc) is 2.60. The fourth-order valence-electron chi connectivity index (χ4n) is 2.56. The van der Waals surface area contributed by atoms with E-state index in [1.165, 1.54) is 0 Å². The van der Waals surface area contributed by atoms with E-state index in [4.69, 9.17) is 4.74 Å². The summed E-state index contributed by atoms with van der Waals surface area (Å²) >= 11 is 3.35. The first-order valence-corrected chi connectivity index (χ1v) is 8.87. The lowest BCUT2D eigenvalue weighted by atomic mass is 10.1. The first kappa shape index (κ1) is 18.1. The zero-order chi connectivity index (χ0) is 18.7. The van der Waals surface area contributed by atoms with Crippen molar-refractivity contribution in [2.24, 2.45) is 0 Å². The van der Waals surface area contributed by atoms with Gasteiger partial charge in [-0.15, -0.1) is 0 Å². The average molecular weight is 413 g/mol. The van der Waals surface area contributed by atoms with Crippen LogP contribution in [-0.4, -0.2) is 23.0 Å². The number of pyridine rings is 1. The van der Waals surface area contributed by atoms with Gasteiger partial charge in [0.25, 0.3) is 5.91 Å². The van der Waals surface area contributed by atoms with Gasteiger partial charge >= 0.3 is 5.97 Å². The van der Waals surface area contributed by atoms with Crippen molar-refractivity contribution < 1.29 is 14.3 Å². The zero-order valence-corrected chi connectivity index (χ0v) is 15.9. The number of amides is 1. The molecule has 1 atom stereocenters. The third-order valence-corrected chi connectivity index (χ3v) is 4.30. The first-order chi connectivity index (χ1) is 12.4. The number of aryl methyl sites for hydroxylation is 1. The minimum Gasteiger partial charge on any atom is -0.449 e. The Morgan fingerprint density at radius 2 is 1.88 bits per heavy atom. The Kier molecular flexibility index (Phi) is 5.32. The number of hydrogen-bond donors (Lipinski definition) is 1. The highest BCUT2D eigenvalue weighted by atomic mass is 79.9. The van der Waals surface area contributed by atoms with Gasteiger partial charge in [0.2, 0.25) is 0 Å². The molecule has 0 spiro atoms. The lowest BCUT2D eigenvalue weighted by molar-refractivity contribution is -0.123. The number of fused-ring (bicyclic) bond motifs is 1. The van der Waals surface area contributed by atoms with E-state index in [0.717, 1.165) is 4.47 Å². The lowest BCUT2D eigenvalue weighted by Gasteiger charge is -2.15. The van der Waals surface area contributed by atoms with Crippen LogP contribution in [0.5, 0.6) is 0 Å². The number of carbonyl (C=O) groups is 2. The van der Waals surface area contributed by atoms with Gasteiger partial charge in [-0.1, -0.05) is 40.2 Å². The smallest absolute Gasteiger partial charge is 0.339 e. The Labute approximate surface area is 159 Å². The van der Waals surface area contributed by atoms with E-state index < -0.39 is 18.0 Å². The van der Waals surface area contributed by atoms with Gasteiger partial charge in [-0.3, -0.25) is 9.78 Å². The molecular formula is C20H17BrN2O3. The largest absolute Gasteiger partial charge is 0.449 e. The van der Waals surface area contributed by atoms with Gasteiger partial charge in [-0.2, -0.15) is 0 Å². The standard InChI is InChI=1S/C20H17BrN2O3/c1-12-10-17(16-8-3-4-9-18(16)22-12)20(25)26-13(2)19(24)23-15-7-5-6-14(21)11-15/h3-11,13H,1-2H3,(H,23,24)/t13-/m1/s1. The van der Waals surface area contributed by atoms with E-state index in [1.807, 2.05) is 43.3 Å². The molecule has 2 aromatic carbocycles. The van der Waals surface area contributed by atoms with Crippen molar-refractivity contribution in [1.82, 2.24) is 4.98 Å². The van der Waals surface area contributed by atoms with Crippen LogP contribution in [-0.2, 0) is 9.53 Å². The van der Waals surface area contributed by atoms with Gasteiger partial charge in [0.15, 0.2) is 6.10 Å². The number of benzene rings is 2. The normalized spacial score (nSPS) is 11.8. The molecule has 0 fully saturated rings. The fraction of sp³-hybridized carbons (Fsp3) is 0.150. The summed E-state index contributed by atoms with van der Waals surface area (Å²) in [7, 11) is 0. The molecule has 1 amide bonds. The van der Waals surface area contributed by atoms with Crippen LogP contribution in [0.2, 0.25) is 0 Å². The maximum Gasteiger partial charge on any atom is 0.339 e. The van der Waals surface area contributed by atoms with Crippen molar-refractivity contribution in [2.45, 2.75) is 20.0 Å². The Morgan fingerprint density at radius 1 is 1.12 bits per heavy atom. The predicted octanol–water partition coefficient (Wildman–Crippen LogP) is 4.49. The van der Waals surface area contributed by atoms with Crippen LogP contribution in [0.25, 0.3) is 10.9 Å². The minimum absolute atomic E-state index is 0.397. The quantitative estimate of drug-likeness (QED) is 0.640. The minimum atomic E-state index is -0.936. The zero-order valence-electron chi connectivity index (χ0n) is 14.3. The van der Waals surface area contributed by atoms with Crippen molar-refractivity contribution in [3.8, 4) is 0 Å². The molecule has 26 heavy (non-hydrogen) atoms. The summed E-state index contributed by atoms with van der Waals surface area (Å²) in [6, 6.07) is 16.2. The molecule has 6 heteroatoms. The van der Waals surface area contributed by atoms with E-state index in [0.29, 0.717) is 27.8 Å². The fourth-order valence-corrected chi connectivity index (χ4v) is 2.96. The Morgan fingerprint density at radius 3 is 2.65 bits per heavy atom. The lowest BCUT2D eigenvalue weighted by Crippen LogP contribution is -2.30. The molecule has 0 aliphatic carbocycles. The van der Waals surface area contributed by atoms with Crippen LogP contribution in [0.1, 0.15) is 23.0 Å². The maximum atomic E-state index is 12.6. The van der Waals surface area contributed by atoms with Crippen molar-refractivity contribution in [3.05, 3.63) is 70.3 Å². The van der Waals surface area contributed by atoms with Gasteiger partial charge in [-0.25, -0.2) is 4.79 Å². The number of nitrogens with one attached hydrogen (secondary N) is 1. The molecule has 0 saturated carbocycles. The molecule has 0 aliphatic heterocycles. The highest BCUT2D eigenvalue weighted by Gasteiger charge is 2.21. The molecule has 0 bridgehead atoms. The van der Waals surface area contributed by atoms with E-state index in [-0.39, 0.29) is 0 Å². The SMILES string of the molecule is Cc1cc(C(=O)O[C@H](C)C(=O)Nc2cccc(Br)c2)c2ccccc2n1. The maximum absolute atomic E-state index is 12.6. The van der Waals surface area contributed by atoms with E-state index >= 15 is 0 Å². The number of para-hydroxylation sites is 1. The van der Waals surface area contributed by atoms with Crippen molar-refractivity contribution >= 4 is 44.4 Å². The predicted molar refractivity (Wildman–Crippen MR) is 104 cm³/mol. The number of carbonyl (C=O) groups excluding carboxylic acids is 2. The van der Waals surface area contributed by atoms with Crippen molar-refractivity contribution in [1.29, 1.82) is 0 Å². The van der Waals surface area contributed by atoms with Gasteiger partial charge in [0.05, 0.1) is 11.1 Å². The highest BCUT2D eigenvalue weighted by molar-refractivity contribution is 9.10. The topological polar surface area (TPSA) is 68.3 Å². The second-order valence-corrected chi connectivity index (χ2v) is 6.79. The molecule has 3 aromatic rings. The number of aromatic nitrogens is 1. The van der Waals surface area contributed by atoms with Gasteiger partial charge < -0.3 is 10.1 Å². The number of esters is 1.